The molecule has 1 aromatic carbocycles. The van der Waals surface area contributed by atoms with E-state index < -0.39 is 0 Å². The third kappa shape index (κ3) is 5.12. The maximum absolute atomic E-state index is 10.1. The van der Waals surface area contributed by atoms with E-state index in [1.807, 2.05) is 19.1 Å². The molecule has 1 N–H and O–H groups in total. The average Bonchev–Trinajstić information content (AvgIpc) is 2.39. The highest BCUT2D eigenvalue weighted by Crippen LogP contribution is 2.28. The molecule has 0 radical (unpaired) electrons. The van der Waals surface area contributed by atoms with E-state index in [9.17, 15) is 5.11 Å². The zero-order chi connectivity index (χ0) is 15.1. The molecular weight excluding hydrogens is 248 g/mol. The van der Waals surface area contributed by atoms with Gasteiger partial charge in [-0.15, -0.1) is 0 Å². The Kier molecular flexibility index (Phi) is 6.37. The Labute approximate surface area is 122 Å². The lowest BCUT2D eigenvalue weighted by atomic mass is 10.0. The van der Waals surface area contributed by atoms with E-state index in [0.29, 0.717) is 5.75 Å². The van der Waals surface area contributed by atoms with E-state index in [0.717, 1.165) is 36.1 Å². The van der Waals surface area contributed by atoms with Crippen LogP contribution in [0.3, 0.4) is 0 Å². The Bertz CT molecular complexity index is 506. The molecule has 0 saturated carbocycles. The van der Waals surface area contributed by atoms with Crippen molar-refractivity contribution in [2.24, 2.45) is 0 Å². The molecule has 0 spiro atoms. The van der Waals surface area contributed by atoms with Gasteiger partial charge in [0.05, 0.1) is 7.11 Å². The highest BCUT2D eigenvalue weighted by molar-refractivity contribution is 5.46. The highest BCUT2D eigenvalue weighted by Gasteiger charge is 2.06. The molecule has 20 heavy (non-hydrogen) atoms. The fourth-order valence-electron chi connectivity index (χ4n) is 2.06. The van der Waals surface area contributed by atoms with Crippen LogP contribution in [0.25, 0.3) is 0 Å². The van der Waals surface area contributed by atoms with E-state index in [2.05, 4.69) is 32.9 Å². The Hall–Kier alpha value is -1.70. The minimum atomic E-state index is 0.374. The van der Waals surface area contributed by atoms with Crippen molar-refractivity contribution in [2.75, 3.05) is 7.11 Å². The number of phenols is 1. The van der Waals surface area contributed by atoms with Gasteiger partial charge in [0.25, 0.3) is 0 Å². The lowest BCUT2D eigenvalue weighted by Crippen LogP contribution is -1.91. The second kappa shape index (κ2) is 7.78. The van der Waals surface area contributed by atoms with Crippen LogP contribution >= 0.6 is 0 Å². The molecule has 0 saturated heterocycles. The van der Waals surface area contributed by atoms with Gasteiger partial charge in [0.1, 0.15) is 11.5 Å². The summed E-state index contributed by atoms with van der Waals surface area (Å²) in [4.78, 5) is 0. The van der Waals surface area contributed by atoms with Crippen LogP contribution in [0.1, 0.15) is 44.7 Å². The third-order valence-electron chi connectivity index (χ3n) is 3.35. The van der Waals surface area contributed by atoms with Gasteiger partial charge in [0.15, 0.2) is 0 Å². The fourth-order valence-corrected chi connectivity index (χ4v) is 2.06. The van der Waals surface area contributed by atoms with Crippen molar-refractivity contribution in [3.05, 3.63) is 46.6 Å². The largest absolute Gasteiger partial charge is 0.507 e. The Morgan fingerprint density at radius 3 is 2.50 bits per heavy atom. The number of allylic oxidation sites excluding steroid dienone is 4. The van der Waals surface area contributed by atoms with E-state index in [1.54, 1.807) is 7.11 Å². The molecule has 0 aromatic heterocycles. The van der Waals surface area contributed by atoms with Crippen LogP contribution in [-0.4, -0.2) is 12.2 Å². The molecule has 110 valence electrons. The van der Waals surface area contributed by atoms with Crippen molar-refractivity contribution in [3.63, 3.8) is 0 Å². The monoisotopic (exact) mass is 274 g/mol. The van der Waals surface area contributed by atoms with Crippen LogP contribution in [0.4, 0.5) is 0 Å². The standard InChI is InChI=1S/C18H26O2/c1-13(2)7-6-8-14(3)9-10-16-12-17(20-5)11-15(4)18(16)19/h7,9,11-12,19H,6,8,10H2,1-5H3/b14-9+. The first-order chi connectivity index (χ1) is 9.43. The predicted octanol–water partition coefficient (Wildman–Crippen LogP) is 4.94. The van der Waals surface area contributed by atoms with Crippen LogP contribution in [-0.2, 0) is 6.42 Å². The van der Waals surface area contributed by atoms with Gasteiger partial charge in [-0.05, 0) is 64.7 Å². The summed E-state index contributed by atoms with van der Waals surface area (Å²) >= 11 is 0. The molecule has 0 fully saturated rings. The Balaban J connectivity index is 2.73. The summed E-state index contributed by atoms with van der Waals surface area (Å²) < 4.78 is 5.25. The average molecular weight is 274 g/mol. The first-order valence-electron chi connectivity index (χ1n) is 7.09. The smallest absolute Gasteiger partial charge is 0.122 e. The molecular formula is C18H26O2. The van der Waals surface area contributed by atoms with Gasteiger partial charge in [-0.3, -0.25) is 0 Å². The van der Waals surface area contributed by atoms with E-state index in [-0.39, 0.29) is 0 Å². The van der Waals surface area contributed by atoms with Crippen molar-refractivity contribution < 1.29 is 9.84 Å². The fraction of sp³-hybridized carbons (Fsp3) is 0.444. The normalized spacial score (nSPS) is 11.3. The summed E-state index contributed by atoms with van der Waals surface area (Å²) in [7, 11) is 1.65. The zero-order valence-corrected chi connectivity index (χ0v) is 13.3. The van der Waals surface area contributed by atoms with Crippen molar-refractivity contribution in [1.82, 2.24) is 0 Å². The number of methoxy groups -OCH3 is 1. The number of ether oxygens (including phenoxy) is 1. The molecule has 0 amide bonds. The van der Waals surface area contributed by atoms with Crippen molar-refractivity contribution in [2.45, 2.75) is 47.0 Å². The van der Waals surface area contributed by atoms with Gasteiger partial charge in [0.2, 0.25) is 0 Å². The molecule has 1 aromatic rings. The maximum atomic E-state index is 10.1. The molecule has 0 aliphatic heterocycles. The zero-order valence-electron chi connectivity index (χ0n) is 13.3. The van der Waals surface area contributed by atoms with Crippen LogP contribution < -0.4 is 4.74 Å². The van der Waals surface area contributed by atoms with E-state index >= 15 is 0 Å². The predicted molar refractivity (Wildman–Crippen MR) is 85.5 cm³/mol. The first-order valence-corrected chi connectivity index (χ1v) is 7.09. The summed E-state index contributed by atoms with van der Waals surface area (Å²) in [5.74, 6) is 1.17. The SMILES string of the molecule is COc1cc(C)c(O)c(C/C=C(\C)CCC=C(C)C)c1. The molecule has 0 bridgehead atoms. The van der Waals surface area contributed by atoms with Crippen molar-refractivity contribution in [3.8, 4) is 11.5 Å². The van der Waals surface area contributed by atoms with Gasteiger partial charge in [0, 0.05) is 5.56 Å². The Morgan fingerprint density at radius 2 is 1.90 bits per heavy atom. The molecule has 0 aliphatic carbocycles. The number of hydrogen-bond donors (Lipinski definition) is 1. The number of aryl methyl sites for hydroxylation is 1. The van der Waals surface area contributed by atoms with Crippen LogP contribution in [0.2, 0.25) is 0 Å². The summed E-state index contributed by atoms with van der Waals surface area (Å²) in [6, 6.07) is 3.76. The third-order valence-corrected chi connectivity index (χ3v) is 3.35. The molecule has 1 rings (SSSR count). The number of benzene rings is 1. The van der Waals surface area contributed by atoms with Gasteiger partial charge >= 0.3 is 0 Å². The van der Waals surface area contributed by atoms with E-state index in [4.69, 9.17) is 4.74 Å². The Morgan fingerprint density at radius 1 is 1.20 bits per heavy atom. The van der Waals surface area contributed by atoms with Gasteiger partial charge in [-0.1, -0.05) is 23.3 Å². The lowest BCUT2D eigenvalue weighted by Gasteiger charge is -2.09. The summed E-state index contributed by atoms with van der Waals surface area (Å²) in [5.41, 5.74) is 4.49. The van der Waals surface area contributed by atoms with Crippen LogP contribution in [0.5, 0.6) is 11.5 Å². The summed E-state index contributed by atoms with van der Waals surface area (Å²) in [5, 5.41) is 10.1. The molecule has 0 unspecified atom stereocenters. The van der Waals surface area contributed by atoms with Crippen LogP contribution in [0, 0.1) is 6.92 Å². The van der Waals surface area contributed by atoms with Crippen LogP contribution in [0.15, 0.2) is 35.4 Å². The first kappa shape index (κ1) is 16.4. The maximum Gasteiger partial charge on any atom is 0.122 e. The highest BCUT2D eigenvalue weighted by atomic mass is 16.5. The van der Waals surface area contributed by atoms with Gasteiger partial charge < -0.3 is 9.84 Å². The minimum Gasteiger partial charge on any atom is -0.507 e. The second-order valence-electron chi connectivity index (χ2n) is 5.53. The van der Waals surface area contributed by atoms with Gasteiger partial charge in [-0.25, -0.2) is 0 Å². The molecule has 2 heteroatoms. The van der Waals surface area contributed by atoms with Gasteiger partial charge in [-0.2, -0.15) is 0 Å². The number of hydrogen-bond acceptors (Lipinski definition) is 2. The quantitative estimate of drug-likeness (QED) is 0.744. The second-order valence-corrected chi connectivity index (χ2v) is 5.53. The van der Waals surface area contributed by atoms with E-state index in [1.165, 1.54) is 11.1 Å². The van der Waals surface area contributed by atoms with Crippen molar-refractivity contribution >= 4 is 0 Å². The summed E-state index contributed by atoms with van der Waals surface area (Å²) in [6.07, 6.45) is 7.32. The van der Waals surface area contributed by atoms with Crippen molar-refractivity contribution in [1.29, 1.82) is 0 Å². The number of rotatable bonds is 6. The summed E-state index contributed by atoms with van der Waals surface area (Å²) in [6.45, 7) is 8.28. The lowest BCUT2D eigenvalue weighted by molar-refractivity contribution is 0.410. The topological polar surface area (TPSA) is 29.5 Å². The molecule has 0 atom stereocenters. The molecule has 2 nitrogen and oxygen atoms in total. The molecule has 0 aliphatic rings. The molecule has 0 heterocycles. The number of aromatic hydroxyl groups is 1. The number of phenolic OH excluding ortho intramolecular Hbond substituents is 1. The minimum absolute atomic E-state index is 0.374.